The van der Waals surface area contributed by atoms with Crippen LogP contribution in [-0.2, 0) is 16.4 Å². The second-order valence-electron chi connectivity index (χ2n) is 8.80. The van der Waals surface area contributed by atoms with Gasteiger partial charge in [-0.05, 0) is 42.8 Å². The molecule has 1 saturated heterocycles. The first-order valence-corrected chi connectivity index (χ1v) is 13.3. The summed E-state index contributed by atoms with van der Waals surface area (Å²) in [5.74, 6) is 0.439. The first-order valence-electron chi connectivity index (χ1n) is 11.4. The largest absolute Gasteiger partial charge is 0.355 e. The van der Waals surface area contributed by atoms with Gasteiger partial charge in [-0.25, -0.2) is 18.4 Å². The highest BCUT2D eigenvalue weighted by Crippen LogP contribution is 2.24. The van der Waals surface area contributed by atoms with Crippen molar-refractivity contribution in [3.63, 3.8) is 0 Å². The molecule has 4 aromatic heterocycles. The average molecular weight is 504 g/mol. The third kappa shape index (κ3) is 5.16. The lowest BCUT2D eigenvalue weighted by Gasteiger charge is -2.17. The second kappa shape index (κ2) is 9.59. The Kier molecular flexibility index (Phi) is 6.33. The van der Waals surface area contributed by atoms with Gasteiger partial charge in [-0.3, -0.25) is 14.8 Å². The lowest BCUT2D eigenvalue weighted by Crippen LogP contribution is -2.26. The van der Waals surface area contributed by atoms with E-state index in [4.69, 9.17) is 15.7 Å². The highest BCUT2D eigenvalue weighted by Gasteiger charge is 2.20. The van der Waals surface area contributed by atoms with Crippen molar-refractivity contribution in [3.05, 3.63) is 72.3 Å². The smallest absolute Gasteiger partial charge is 0.253 e. The van der Waals surface area contributed by atoms with Crippen LogP contribution in [0.2, 0.25) is 0 Å². The minimum atomic E-state index is -3.46. The zero-order valence-corrected chi connectivity index (χ0v) is 20.4. The monoisotopic (exact) mass is 503 g/mol. The highest BCUT2D eigenvalue weighted by atomic mass is 32.2. The van der Waals surface area contributed by atoms with Gasteiger partial charge in [0.25, 0.3) is 5.91 Å². The van der Waals surface area contributed by atoms with Crippen molar-refractivity contribution in [2.45, 2.75) is 23.9 Å². The van der Waals surface area contributed by atoms with Gasteiger partial charge in [-0.15, -0.1) is 0 Å². The van der Waals surface area contributed by atoms with E-state index in [1.807, 2.05) is 36.4 Å². The second-order valence-corrected chi connectivity index (χ2v) is 10.8. The molecule has 10 nitrogen and oxygen atoms in total. The van der Waals surface area contributed by atoms with Gasteiger partial charge in [0.2, 0.25) is 0 Å². The van der Waals surface area contributed by atoms with E-state index in [2.05, 4.69) is 20.2 Å². The van der Waals surface area contributed by atoms with Crippen LogP contribution in [0.5, 0.6) is 0 Å². The number of carbonyl (C=O) groups excluding carboxylic acids is 1. The first kappa shape index (κ1) is 23.8. The van der Waals surface area contributed by atoms with Crippen LogP contribution >= 0.6 is 0 Å². The van der Waals surface area contributed by atoms with E-state index in [1.165, 1.54) is 18.5 Å². The van der Waals surface area contributed by atoms with Crippen LogP contribution in [0.25, 0.3) is 22.3 Å². The predicted molar refractivity (Wildman–Crippen MR) is 136 cm³/mol. The zero-order chi connectivity index (χ0) is 25.3. The van der Waals surface area contributed by atoms with Gasteiger partial charge < -0.3 is 16.0 Å². The van der Waals surface area contributed by atoms with E-state index in [9.17, 15) is 13.2 Å². The lowest BCUT2D eigenvalue weighted by molar-refractivity contribution is 0.0950. The standard InChI is InChI=1S/C25H25N7O3S/c1-36(34,35)20-9-17(11-27-14-20)25(33)29-13-19-10-23-16(12-28-19)5-6-22(30-23)21-3-2-4-24(31-21)32-8-7-18(26)15-32/h2-6,9-12,14,18H,7-8,13,15,26H2,1H3,(H,29,33)/t18-/m1/s1. The van der Waals surface area contributed by atoms with Crippen molar-refractivity contribution in [2.75, 3.05) is 24.2 Å². The van der Waals surface area contributed by atoms with Crippen molar-refractivity contribution in [1.82, 2.24) is 25.3 Å². The van der Waals surface area contributed by atoms with E-state index < -0.39 is 15.7 Å². The molecule has 0 bridgehead atoms. The fourth-order valence-electron chi connectivity index (χ4n) is 4.05. The van der Waals surface area contributed by atoms with Gasteiger partial charge in [0.1, 0.15) is 5.82 Å². The molecule has 1 atom stereocenters. The Morgan fingerprint density at radius 2 is 1.94 bits per heavy atom. The van der Waals surface area contributed by atoms with Crippen molar-refractivity contribution >= 4 is 32.5 Å². The molecule has 0 spiro atoms. The van der Waals surface area contributed by atoms with E-state index in [-0.39, 0.29) is 23.0 Å². The molecular formula is C25H25N7O3S. The topological polar surface area (TPSA) is 144 Å². The average Bonchev–Trinajstić information content (AvgIpc) is 3.32. The maximum atomic E-state index is 12.6. The van der Waals surface area contributed by atoms with Crippen molar-refractivity contribution in [1.29, 1.82) is 0 Å². The van der Waals surface area contributed by atoms with E-state index in [1.54, 1.807) is 6.20 Å². The van der Waals surface area contributed by atoms with Crippen LogP contribution in [0.1, 0.15) is 22.5 Å². The van der Waals surface area contributed by atoms with Gasteiger partial charge in [0, 0.05) is 49.4 Å². The van der Waals surface area contributed by atoms with E-state index >= 15 is 0 Å². The summed E-state index contributed by atoms with van der Waals surface area (Å²) >= 11 is 0. The molecule has 3 N–H and O–H groups in total. The van der Waals surface area contributed by atoms with Crippen molar-refractivity contribution in [2.24, 2.45) is 5.73 Å². The third-order valence-corrected chi connectivity index (χ3v) is 7.09. The van der Waals surface area contributed by atoms with Gasteiger partial charge in [0.05, 0.1) is 39.6 Å². The molecular weight excluding hydrogens is 478 g/mol. The molecule has 1 aliphatic rings. The Bertz CT molecular complexity index is 1560. The molecule has 4 aromatic rings. The number of nitrogens with one attached hydrogen (secondary N) is 1. The summed E-state index contributed by atoms with van der Waals surface area (Å²) in [6.45, 7) is 1.82. The normalized spacial score (nSPS) is 15.8. The summed E-state index contributed by atoms with van der Waals surface area (Å²) in [5.41, 5.74) is 9.04. The number of sulfone groups is 1. The highest BCUT2D eigenvalue weighted by molar-refractivity contribution is 7.90. The fraction of sp³-hybridized carbons (Fsp3) is 0.240. The number of aromatic nitrogens is 4. The number of nitrogens with zero attached hydrogens (tertiary/aromatic N) is 5. The van der Waals surface area contributed by atoms with E-state index in [0.717, 1.165) is 53.9 Å². The molecule has 11 heteroatoms. The Hall–Kier alpha value is -3.96. The Morgan fingerprint density at radius 1 is 1.11 bits per heavy atom. The molecule has 184 valence electrons. The number of nitrogens with two attached hydrogens (primary N) is 1. The molecule has 1 amide bonds. The summed E-state index contributed by atoms with van der Waals surface area (Å²) in [6.07, 6.45) is 6.26. The third-order valence-electron chi connectivity index (χ3n) is 6.01. The van der Waals surface area contributed by atoms with Gasteiger partial charge >= 0.3 is 0 Å². The predicted octanol–water partition coefficient (Wildman–Crippen LogP) is 1.96. The fourth-order valence-corrected chi connectivity index (χ4v) is 4.65. The Morgan fingerprint density at radius 3 is 2.72 bits per heavy atom. The summed E-state index contributed by atoms with van der Waals surface area (Å²) in [7, 11) is -3.46. The number of hydrogen-bond acceptors (Lipinski definition) is 9. The molecule has 0 aliphatic carbocycles. The maximum absolute atomic E-state index is 12.6. The van der Waals surface area contributed by atoms with E-state index in [0.29, 0.717) is 5.69 Å². The first-order chi connectivity index (χ1) is 17.3. The van der Waals surface area contributed by atoms with Crippen LogP contribution < -0.4 is 16.0 Å². The van der Waals surface area contributed by atoms with Gasteiger partial charge in [-0.1, -0.05) is 6.07 Å². The number of rotatable bonds is 6. The minimum Gasteiger partial charge on any atom is -0.355 e. The number of pyridine rings is 4. The number of fused-ring (bicyclic) bond motifs is 1. The van der Waals surface area contributed by atoms with Crippen molar-refractivity contribution in [3.8, 4) is 11.4 Å². The van der Waals surface area contributed by atoms with Crippen molar-refractivity contribution < 1.29 is 13.2 Å². The maximum Gasteiger partial charge on any atom is 0.253 e. The number of amides is 1. The van der Waals surface area contributed by atoms with Crippen LogP contribution in [-0.4, -0.2) is 59.6 Å². The molecule has 36 heavy (non-hydrogen) atoms. The summed E-state index contributed by atoms with van der Waals surface area (Å²) in [5, 5.41) is 3.62. The molecule has 0 radical (unpaired) electrons. The summed E-state index contributed by atoms with van der Waals surface area (Å²) in [4.78, 5) is 32.6. The quantitative estimate of drug-likeness (QED) is 0.403. The number of carbonyl (C=O) groups is 1. The van der Waals surface area contributed by atoms with Crippen LogP contribution in [0, 0.1) is 0 Å². The molecule has 1 fully saturated rings. The number of hydrogen-bond donors (Lipinski definition) is 2. The molecule has 0 saturated carbocycles. The Balaban J connectivity index is 1.34. The lowest BCUT2D eigenvalue weighted by atomic mass is 10.2. The zero-order valence-electron chi connectivity index (χ0n) is 19.6. The molecule has 5 rings (SSSR count). The summed E-state index contributed by atoms with van der Waals surface area (Å²) in [6, 6.07) is 13.0. The minimum absolute atomic E-state index is 0.0130. The molecule has 0 unspecified atom stereocenters. The Labute approximate surface area is 208 Å². The molecule has 5 heterocycles. The van der Waals surface area contributed by atoms with Gasteiger partial charge in [0.15, 0.2) is 9.84 Å². The molecule has 1 aliphatic heterocycles. The van der Waals surface area contributed by atoms with Crippen LogP contribution in [0.4, 0.5) is 5.82 Å². The molecule has 0 aromatic carbocycles. The van der Waals surface area contributed by atoms with Crippen LogP contribution in [0.15, 0.2) is 66.0 Å². The number of anilines is 1. The van der Waals surface area contributed by atoms with Crippen LogP contribution in [0.3, 0.4) is 0 Å². The summed E-state index contributed by atoms with van der Waals surface area (Å²) < 4.78 is 23.5. The van der Waals surface area contributed by atoms with Gasteiger partial charge in [-0.2, -0.15) is 0 Å². The SMILES string of the molecule is CS(=O)(=O)c1cncc(C(=O)NCc2cc3nc(-c4cccc(N5CC[C@@H](N)C5)n4)ccc3cn2)c1.